The van der Waals surface area contributed by atoms with Crippen molar-refractivity contribution in [2.24, 2.45) is 11.8 Å². The van der Waals surface area contributed by atoms with Crippen LogP contribution in [0.1, 0.15) is 19.8 Å². The fraction of sp³-hybridized carbons (Fsp3) is 0.778. The highest BCUT2D eigenvalue weighted by molar-refractivity contribution is 5.77. The first-order valence-corrected chi connectivity index (χ1v) is 4.42. The maximum absolute atomic E-state index is 11.1. The zero-order chi connectivity index (χ0) is 9.84. The third-order valence-corrected chi connectivity index (χ3v) is 2.41. The van der Waals surface area contributed by atoms with E-state index in [1.807, 2.05) is 6.92 Å². The van der Waals surface area contributed by atoms with E-state index in [1.165, 1.54) is 7.11 Å². The number of esters is 2. The molecule has 0 unspecified atom stereocenters. The van der Waals surface area contributed by atoms with Crippen molar-refractivity contribution in [3.05, 3.63) is 0 Å². The van der Waals surface area contributed by atoms with Crippen LogP contribution in [0.15, 0.2) is 0 Å². The van der Waals surface area contributed by atoms with Gasteiger partial charge < -0.3 is 9.47 Å². The molecule has 0 amide bonds. The predicted molar refractivity (Wildman–Crippen MR) is 44.9 cm³/mol. The molecule has 0 aromatic heterocycles. The van der Waals surface area contributed by atoms with E-state index in [9.17, 15) is 9.59 Å². The summed E-state index contributed by atoms with van der Waals surface area (Å²) >= 11 is 0. The summed E-state index contributed by atoms with van der Waals surface area (Å²) in [6.45, 7) is 2.27. The number of ether oxygens (including phenoxy) is 2. The first-order valence-electron chi connectivity index (χ1n) is 4.42. The van der Waals surface area contributed by atoms with Crippen LogP contribution in [0.5, 0.6) is 0 Å². The summed E-state index contributed by atoms with van der Waals surface area (Å²) in [6, 6.07) is 0. The Morgan fingerprint density at radius 2 is 2.38 bits per heavy atom. The van der Waals surface area contributed by atoms with Crippen LogP contribution in [0.2, 0.25) is 0 Å². The summed E-state index contributed by atoms with van der Waals surface area (Å²) in [6.07, 6.45) is 1.00. The van der Waals surface area contributed by atoms with E-state index in [1.54, 1.807) is 0 Å². The Hall–Kier alpha value is -1.06. The van der Waals surface area contributed by atoms with Crippen LogP contribution >= 0.6 is 0 Å². The molecule has 0 bridgehead atoms. The van der Waals surface area contributed by atoms with Gasteiger partial charge in [0.25, 0.3) is 0 Å². The second kappa shape index (κ2) is 4.25. The van der Waals surface area contributed by atoms with Gasteiger partial charge in [-0.15, -0.1) is 0 Å². The molecule has 4 heteroatoms. The molecule has 1 heterocycles. The average molecular weight is 186 g/mol. The molecule has 0 spiro atoms. The Morgan fingerprint density at radius 3 is 2.92 bits per heavy atom. The highest BCUT2D eigenvalue weighted by Crippen LogP contribution is 2.27. The van der Waals surface area contributed by atoms with Crippen molar-refractivity contribution in [3.8, 4) is 0 Å². The Bertz CT molecular complexity index is 212. The normalized spacial score (nSPS) is 27.1. The Labute approximate surface area is 77.2 Å². The lowest BCUT2D eigenvalue weighted by molar-refractivity contribution is -0.142. The van der Waals surface area contributed by atoms with E-state index < -0.39 is 0 Å². The summed E-state index contributed by atoms with van der Waals surface area (Å²) < 4.78 is 9.40. The van der Waals surface area contributed by atoms with Gasteiger partial charge >= 0.3 is 11.9 Å². The highest BCUT2D eigenvalue weighted by Gasteiger charge is 2.36. The molecule has 0 radical (unpaired) electrons. The number of carbonyl (C=O) groups excluding carboxylic acids is 2. The largest absolute Gasteiger partial charge is 0.469 e. The van der Waals surface area contributed by atoms with Crippen LogP contribution in [-0.2, 0) is 19.1 Å². The SMILES string of the molecule is CC[C@@H]1C(=O)OC[C@@H]1CC(=O)OC. The van der Waals surface area contributed by atoms with E-state index in [2.05, 4.69) is 4.74 Å². The van der Waals surface area contributed by atoms with Crippen molar-refractivity contribution in [1.29, 1.82) is 0 Å². The van der Waals surface area contributed by atoms with Gasteiger partial charge in [-0.1, -0.05) is 6.92 Å². The Kier molecular flexibility index (Phi) is 3.28. The second-order valence-electron chi connectivity index (χ2n) is 3.19. The zero-order valence-corrected chi connectivity index (χ0v) is 7.91. The molecule has 1 fully saturated rings. The number of methoxy groups -OCH3 is 1. The van der Waals surface area contributed by atoms with Gasteiger partial charge in [-0.2, -0.15) is 0 Å². The molecule has 0 aromatic carbocycles. The fourth-order valence-electron chi connectivity index (χ4n) is 1.60. The number of hydrogen-bond donors (Lipinski definition) is 0. The maximum Gasteiger partial charge on any atom is 0.309 e. The minimum Gasteiger partial charge on any atom is -0.469 e. The molecular formula is C9H14O4. The Morgan fingerprint density at radius 1 is 1.69 bits per heavy atom. The van der Waals surface area contributed by atoms with Gasteiger partial charge in [0.15, 0.2) is 0 Å². The molecule has 74 valence electrons. The van der Waals surface area contributed by atoms with Crippen molar-refractivity contribution >= 4 is 11.9 Å². The van der Waals surface area contributed by atoms with Crippen LogP contribution in [0, 0.1) is 11.8 Å². The molecule has 0 N–H and O–H groups in total. The summed E-state index contributed by atoms with van der Waals surface area (Å²) in [4.78, 5) is 22.1. The highest BCUT2D eigenvalue weighted by atomic mass is 16.5. The van der Waals surface area contributed by atoms with Crippen LogP contribution in [-0.4, -0.2) is 25.7 Å². The van der Waals surface area contributed by atoms with Gasteiger partial charge in [-0.05, 0) is 6.42 Å². The van der Waals surface area contributed by atoms with E-state index >= 15 is 0 Å². The first kappa shape index (κ1) is 10.0. The molecule has 1 aliphatic heterocycles. The van der Waals surface area contributed by atoms with Gasteiger partial charge in [-0.25, -0.2) is 0 Å². The first-order chi connectivity index (χ1) is 6.19. The lowest BCUT2D eigenvalue weighted by atomic mass is 9.90. The predicted octanol–water partition coefficient (Wildman–Crippen LogP) is 0.749. The van der Waals surface area contributed by atoms with Crippen LogP contribution in [0.25, 0.3) is 0 Å². The van der Waals surface area contributed by atoms with Crippen molar-refractivity contribution in [3.63, 3.8) is 0 Å². The summed E-state index contributed by atoms with van der Waals surface area (Å²) in [5.41, 5.74) is 0. The zero-order valence-electron chi connectivity index (χ0n) is 7.91. The van der Waals surface area contributed by atoms with E-state index in [0.29, 0.717) is 6.61 Å². The summed E-state index contributed by atoms with van der Waals surface area (Å²) in [7, 11) is 1.35. The van der Waals surface area contributed by atoms with Crippen molar-refractivity contribution in [1.82, 2.24) is 0 Å². The van der Waals surface area contributed by atoms with Crippen molar-refractivity contribution in [2.45, 2.75) is 19.8 Å². The standard InChI is InChI=1S/C9H14O4/c1-3-7-6(4-8(10)12-2)5-13-9(7)11/h6-7H,3-5H2,1-2H3/t6-,7-/m0/s1. The molecular weight excluding hydrogens is 172 g/mol. The number of rotatable bonds is 3. The second-order valence-corrected chi connectivity index (χ2v) is 3.19. The lowest BCUT2D eigenvalue weighted by Gasteiger charge is -2.10. The molecule has 0 saturated carbocycles. The van der Waals surface area contributed by atoms with Crippen molar-refractivity contribution in [2.75, 3.05) is 13.7 Å². The smallest absolute Gasteiger partial charge is 0.309 e. The molecule has 4 nitrogen and oxygen atoms in total. The van der Waals surface area contributed by atoms with Crippen LogP contribution in [0.3, 0.4) is 0 Å². The minimum absolute atomic E-state index is 0.00458. The number of carbonyl (C=O) groups is 2. The molecule has 2 atom stereocenters. The third kappa shape index (κ3) is 2.20. The molecule has 13 heavy (non-hydrogen) atoms. The average Bonchev–Trinajstić information content (AvgIpc) is 2.46. The summed E-state index contributed by atoms with van der Waals surface area (Å²) in [5, 5.41) is 0. The van der Waals surface area contributed by atoms with Gasteiger partial charge in [0, 0.05) is 5.92 Å². The minimum atomic E-state index is -0.276. The van der Waals surface area contributed by atoms with E-state index in [4.69, 9.17) is 4.74 Å². The third-order valence-electron chi connectivity index (χ3n) is 2.41. The number of hydrogen-bond acceptors (Lipinski definition) is 4. The number of cyclic esters (lactones) is 1. The molecule has 0 aromatic rings. The Balaban J connectivity index is 2.50. The lowest BCUT2D eigenvalue weighted by Crippen LogP contribution is -2.18. The topological polar surface area (TPSA) is 52.6 Å². The van der Waals surface area contributed by atoms with Crippen LogP contribution in [0.4, 0.5) is 0 Å². The van der Waals surface area contributed by atoms with Crippen molar-refractivity contribution < 1.29 is 19.1 Å². The van der Waals surface area contributed by atoms with Crippen LogP contribution < -0.4 is 0 Å². The molecule has 1 saturated heterocycles. The molecule has 1 rings (SSSR count). The van der Waals surface area contributed by atoms with E-state index in [0.717, 1.165) is 6.42 Å². The van der Waals surface area contributed by atoms with Gasteiger partial charge in [0.05, 0.1) is 26.1 Å². The van der Waals surface area contributed by atoms with E-state index in [-0.39, 0.29) is 30.2 Å². The molecule has 1 aliphatic rings. The quantitative estimate of drug-likeness (QED) is 0.610. The monoisotopic (exact) mass is 186 g/mol. The van der Waals surface area contributed by atoms with Gasteiger partial charge in [0.1, 0.15) is 0 Å². The summed E-state index contributed by atoms with van der Waals surface area (Å²) in [5.74, 6) is -0.581. The maximum atomic E-state index is 11.1. The van der Waals surface area contributed by atoms with Gasteiger partial charge in [0.2, 0.25) is 0 Å². The molecule has 0 aliphatic carbocycles. The fourth-order valence-corrected chi connectivity index (χ4v) is 1.60. The van der Waals surface area contributed by atoms with Gasteiger partial charge in [-0.3, -0.25) is 9.59 Å².